The van der Waals surface area contributed by atoms with Crippen LogP contribution in [-0.2, 0) is 4.74 Å². The van der Waals surface area contributed by atoms with E-state index in [4.69, 9.17) is 9.47 Å². The van der Waals surface area contributed by atoms with Gasteiger partial charge in [0.15, 0.2) is 11.6 Å². The second-order valence-electron chi connectivity index (χ2n) is 9.21. The Morgan fingerprint density at radius 1 is 1.02 bits per heavy atom. The Balaban J connectivity index is 1.43. The Labute approximate surface area is 229 Å². The molecule has 0 amide bonds. The minimum atomic E-state index is -3.12. The fourth-order valence-corrected chi connectivity index (χ4v) is 4.21. The second kappa shape index (κ2) is 10.6. The molecule has 5 aromatic rings. The van der Waals surface area contributed by atoms with E-state index in [9.17, 15) is 17.6 Å². The van der Waals surface area contributed by atoms with Crippen LogP contribution in [0.5, 0.6) is 11.6 Å². The van der Waals surface area contributed by atoms with E-state index in [1.165, 1.54) is 31.5 Å². The van der Waals surface area contributed by atoms with Gasteiger partial charge in [0.25, 0.3) is 6.43 Å². The summed E-state index contributed by atoms with van der Waals surface area (Å²) in [5, 5.41) is 15.3. The number of imidazole rings is 1. The minimum Gasteiger partial charge on any atom is -0.483 e. The zero-order valence-corrected chi connectivity index (χ0v) is 21.6. The van der Waals surface area contributed by atoms with Crippen molar-refractivity contribution in [3.05, 3.63) is 65.7 Å². The average Bonchev–Trinajstić information content (AvgIpc) is 3.49. The molecule has 0 spiro atoms. The number of aryl methyl sites for hydroxylation is 2. The highest BCUT2D eigenvalue weighted by molar-refractivity contribution is 5.86. The van der Waals surface area contributed by atoms with Crippen molar-refractivity contribution in [3.8, 4) is 23.3 Å². The van der Waals surface area contributed by atoms with E-state index in [1.54, 1.807) is 22.8 Å². The van der Waals surface area contributed by atoms with Gasteiger partial charge >= 0.3 is 6.61 Å². The van der Waals surface area contributed by atoms with Crippen molar-refractivity contribution in [3.63, 3.8) is 0 Å². The van der Waals surface area contributed by atoms with Crippen LogP contribution in [-0.4, -0.2) is 60.4 Å². The molecule has 1 N–H and O–H groups in total. The van der Waals surface area contributed by atoms with Gasteiger partial charge in [-0.05, 0) is 44.2 Å². The van der Waals surface area contributed by atoms with Crippen LogP contribution in [0.4, 0.5) is 29.1 Å². The lowest BCUT2D eigenvalue weighted by atomic mass is 10.2. The molecule has 0 bridgehead atoms. The van der Waals surface area contributed by atoms with Crippen LogP contribution < -0.4 is 14.8 Å². The van der Waals surface area contributed by atoms with Gasteiger partial charge in [0.2, 0.25) is 5.88 Å². The molecule has 1 saturated heterocycles. The number of halogens is 4. The molecule has 11 nitrogen and oxygen atoms in total. The summed E-state index contributed by atoms with van der Waals surface area (Å²) in [6, 6.07) is 10.9. The van der Waals surface area contributed by atoms with Gasteiger partial charge in [-0.25, -0.2) is 23.4 Å². The van der Waals surface area contributed by atoms with E-state index in [-0.39, 0.29) is 23.4 Å². The maximum atomic E-state index is 14.0. The highest BCUT2D eigenvalue weighted by atomic mass is 19.3. The highest BCUT2D eigenvalue weighted by Crippen LogP contribution is 2.35. The third-order valence-electron chi connectivity index (χ3n) is 6.26. The number of pyridine rings is 1. The minimum absolute atomic E-state index is 0.157. The number of alkyl halides is 4. The molecule has 0 atom stereocenters. The molecule has 1 aliphatic rings. The van der Waals surface area contributed by atoms with Gasteiger partial charge in [-0.15, -0.1) is 10.2 Å². The lowest BCUT2D eigenvalue weighted by Gasteiger charge is -2.27. The van der Waals surface area contributed by atoms with Gasteiger partial charge in [-0.3, -0.25) is 4.57 Å². The number of hydrogen-bond acceptors (Lipinski definition) is 9. The second-order valence-corrected chi connectivity index (χ2v) is 9.21. The number of fused-ring (bicyclic) bond motifs is 1. The summed E-state index contributed by atoms with van der Waals surface area (Å²) in [7, 11) is 0. The topological polar surface area (TPSA) is 114 Å². The normalized spacial score (nSPS) is 13.7. The maximum Gasteiger partial charge on any atom is 0.388 e. The Kier molecular flexibility index (Phi) is 6.86. The van der Waals surface area contributed by atoms with E-state index in [0.29, 0.717) is 41.5 Å². The summed E-state index contributed by atoms with van der Waals surface area (Å²) in [6.45, 7) is 1.09. The highest BCUT2D eigenvalue weighted by Gasteiger charge is 2.24. The molecule has 0 radical (unpaired) electrons. The number of nitrogens with one attached hydrogen (secondary N) is 1. The molecular formula is C26H22F4N8O3. The largest absolute Gasteiger partial charge is 0.483 e. The first kappa shape index (κ1) is 26.4. The third-order valence-corrected chi connectivity index (χ3v) is 6.26. The summed E-state index contributed by atoms with van der Waals surface area (Å²) in [4.78, 5) is 8.91. The molecule has 1 aromatic carbocycles. The summed E-state index contributed by atoms with van der Waals surface area (Å²) in [5.41, 5.74) is 2.31. The molecule has 0 aliphatic carbocycles. The van der Waals surface area contributed by atoms with Crippen molar-refractivity contribution in [2.75, 3.05) is 18.5 Å². The Hall–Kier alpha value is -4.79. The molecular weight excluding hydrogens is 548 g/mol. The number of anilines is 2. The molecule has 6 rings (SSSR count). The Bertz CT molecular complexity index is 1700. The molecule has 0 unspecified atom stereocenters. The van der Waals surface area contributed by atoms with E-state index >= 15 is 0 Å². The van der Waals surface area contributed by atoms with Crippen molar-refractivity contribution in [2.24, 2.45) is 0 Å². The van der Waals surface area contributed by atoms with Crippen molar-refractivity contribution >= 4 is 22.5 Å². The molecule has 15 heteroatoms. The number of aromatic nitrogens is 7. The molecule has 4 aromatic heterocycles. The van der Waals surface area contributed by atoms with Gasteiger partial charge in [-0.2, -0.15) is 13.9 Å². The summed E-state index contributed by atoms with van der Waals surface area (Å²) >= 11 is 0. The van der Waals surface area contributed by atoms with E-state index in [0.717, 1.165) is 10.4 Å². The summed E-state index contributed by atoms with van der Waals surface area (Å²) < 4.78 is 71.7. The number of ether oxygens (including phenoxy) is 3. The number of rotatable bonds is 9. The van der Waals surface area contributed by atoms with Crippen LogP contribution in [0.3, 0.4) is 0 Å². The lowest BCUT2D eigenvalue weighted by Crippen LogP contribution is -2.38. The SMILES string of the molecule is Cc1ccc(Nc2cc3ncn(-c4ccc(C(F)F)c(-n5nc(OC(F)F)cc5C)n4)c3cc2OC2COC2)nn1. The zero-order valence-electron chi connectivity index (χ0n) is 21.6. The van der Waals surface area contributed by atoms with E-state index in [2.05, 4.69) is 35.3 Å². The standard InChI is InChI=1S/C26H22F4N8O3/c1-13-3-5-21(35-34-13)32-18-8-17-19(9-20(18)40-15-10-39-11-15)37(12-31-17)22-6-4-16(24(27)28)25(33-22)38-14(2)7-23(36-38)41-26(29)30/h3-9,12,15,24,26H,10-11H2,1-2H3,(H,32,35). The molecule has 5 heterocycles. The smallest absolute Gasteiger partial charge is 0.388 e. The first-order valence-corrected chi connectivity index (χ1v) is 12.4. The van der Waals surface area contributed by atoms with Crippen LogP contribution in [0.15, 0.2) is 48.8 Å². The van der Waals surface area contributed by atoms with Gasteiger partial charge in [0, 0.05) is 17.8 Å². The zero-order chi connectivity index (χ0) is 28.7. The number of hydrogen-bond donors (Lipinski definition) is 1. The van der Waals surface area contributed by atoms with Gasteiger partial charge in [0.1, 0.15) is 24.0 Å². The summed E-state index contributed by atoms with van der Waals surface area (Å²) in [5.74, 6) is 0.568. The first-order chi connectivity index (χ1) is 19.7. The average molecular weight is 571 g/mol. The first-order valence-electron chi connectivity index (χ1n) is 12.4. The Morgan fingerprint density at radius 3 is 2.54 bits per heavy atom. The molecule has 1 fully saturated rings. The van der Waals surface area contributed by atoms with Crippen molar-refractivity contribution in [1.82, 2.24) is 34.5 Å². The van der Waals surface area contributed by atoms with Crippen LogP contribution >= 0.6 is 0 Å². The number of nitrogens with zero attached hydrogens (tertiary/aromatic N) is 7. The van der Waals surface area contributed by atoms with Crippen molar-refractivity contribution in [2.45, 2.75) is 33.0 Å². The van der Waals surface area contributed by atoms with Crippen LogP contribution in [0.2, 0.25) is 0 Å². The fraction of sp³-hybridized carbons (Fsp3) is 0.269. The van der Waals surface area contributed by atoms with Gasteiger partial charge in [0.05, 0.1) is 41.2 Å². The van der Waals surface area contributed by atoms with Crippen LogP contribution in [0.1, 0.15) is 23.4 Å². The lowest BCUT2D eigenvalue weighted by molar-refractivity contribution is -0.0793. The van der Waals surface area contributed by atoms with Crippen LogP contribution in [0.25, 0.3) is 22.7 Å². The number of benzene rings is 1. The quantitative estimate of drug-likeness (QED) is 0.243. The van der Waals surface area contributed by atoms with E-state index in [1.807, 2.05) is 13.0 Å². The van der Waals surface area contributed by atoms with Crippen molar-refractivity contribution < 1.29 is 31.8 Å². The molecule has 0 saturated carbocycles. The predicted octanol–water partition coefficient (Wildman–Crippen LogP) is 5.07. The Morgan fingerprint density at radius 2 is 1.85 bits per heavy atom. The summed E-state index contributed by atoms with van der Waals surface area (Å²) in [6.07, 6.45) is -1.57. The molecule has 212 valence electrons. The van der Waals surface area contributed by atoms with Crippen LogP contribution in [0, 0.1) is 13.8 Å². The monoisotopic (exact) mass is 570 g/mol. The van der Waals surface area contributed by atoms with E-state index < -0.39 is 24.5 Å². The fourth-order valence-electron chi connectivity index (χ4n) is 4.21. The molecule has 1 aliphatic heterocycles. The van der Waals surface area contributed by atoms with Gasteiger partial charge < -0.3 is 19.5 Å². The third kappa shape index (κ3) is 5.35. The maximum absolute atomic E-state index is 14.0. The van der Waals surface area contributed by atoms with Gasteiger partial charge in [-0.1, -0.05) is 0 Å². The van der Waals surface area contributed by atoms with Crippen molar-refractivity contribution in [1.29, 1.82) is 0 Å². The molecule has 41 heavy (non-hydrogen) atoms. The predicted molar refractivity (Wildman–Crippen MR) is 138 cm³/mol.